The first kappa shape index (κ1) is 24.9. The summed E-state index contributed by atoms with van der Waals surface area (Å²) in [5, 5.41) is 0.802. The van der Waals surface area contributed by atoms with Crippen LogP contribution in [-0.2, 0) is 4.79 Å². The SMILES string of the molecule is CCCCCCCC/C=C/CCCCCCCC(=O)Oc1ccc2ccc(=O)oc2c1. The average Bonchev–Trinajstić information content (AvgIpc) is 2.76. The largest absolute Gasteiger partial charge is 0.426 e. The molecule has 0 radical (unpaired) electrons. The molecule has 170 valence electrons. The standard InChI is InChI=1S/C27H38O4/c1-2-3-4-5-6-7-8-9-10-11-12-13-14-15-16-17-26(28)30-24-20-18-23-19-21-27(29)31-25(23)22-24/h9-10,18-22H,2-8,11-17H2,1H3/b10-9+. The number of hydrogen-bond acceptors (Lipinski definition) is 4. The molecule has 2 rings (SSSR count). The molecule has 0 spiro atoms. The number of ether oxygens (including phenoxy) is 1. The summed E-state index contributed by atoms with van der Waals surface area (Å²) in [7, 11) is 0. The van der Waals surface area contributed by atoms with Gasteiger partial charge in [0.15, 0.2) is 0 Å². The molecule has 0 aliphatic carbocycles. The summed E-state index contributed by atoms with van der Waals surface area (Å²) in [4.78, 5) is 23.3. The predicted molar refractivity (Wildman–Crippen MR) is 128 cm³/mol. The molecule has 0 aliphatic heterocycles. The van der Waals surface area contributed by atoms with Crippen molar-refractivity contribution >= 4 is 16.9 Å². The number of allylic oxidation sites excluding steroid dienone is 2. The normalized spacial score (nSPS) is 11.4. The molecule has 4 heteroatoms. The van der Waals surface area contributed by atoms with E-state index in [4.69, 9.17) is 9.15 Å². The topological polar surface area (TPSA) is 56.5 Å². The van der Waals surface area contributed by atoms with E-state index in [0.29, 0.717) is 17.8 Å². The summed E-state index contributed by atoms with van der Waals surface area (Å²) >= 11 is 0. The smallest absolute Gasteiger partial charge is 0.336 e. The molecule has 31 heavy (non-hydrogen) atoms. The van der Waals surface area contributed by atoms with Gasteiger partial charge in [-0.1, -0.05) is 70.4 Å². The van der Waals surface area contributed by atoms with E-state index in [2.05, 4.69) is 19.1 Å². The number of unbranched alkanes of at least 4 members (excludes halogenated alkanes) is 11. The number of fused-ring (bicyclic) bond motifs is 1. The van der Waals surface area contributed by atoms with Gasteiger partial charge in [0.2, 0.25) is 0 Å². The zero-order chi connectivity index (χ0) is 22.2. The van der Waals surface area contributed by atoms with Crippen LogP contribution in [0, 0.1) is 0 Å². The Labute approximate surface area is 186 Å². The van der Waals surface area contributed by atoms with Crippen LogP contribution in [0.5, 0.6) is 5.75 Å². The highest BCUT2D eigenvalue weighted by atomic mass is 16.5. The van der Waals surface area contributed by atoms with Gasteiger partial charge in [-0.15, -0.1) is 0 Å². The zero-order valence-corrected chi connectivity index (χ0v) is 19.1. The van der Waals surface area contributed by atoms with Gasteiger partial charge in [-0.2, -0.15) is 0 Å². The zero-order valence-electron chi connectivity index (χ0n) is 19.1. The van der Waals surface area contributed by atoms with Gasteiger partial charge < -0.3 is 9.15 Å². The van der Waals surface area contributed by atoms with Gasteiger partial charge in [-0.05, 0) is 50.3 Å². The van der Waals surface area contributed by atoms with Crippen molar-refractivity contribution in [2.75, 3.05) is 0 Å². The minimum Gasteiger partial charge on any atom is -0.426 e. The Bertz CT molecular complexity index is 850. The molecule has 0 N–H and O–H groups in total. The molecule has 2 aromatic rings. The van der Waals surface area contributed by atoms with Crippen molar-refractivity contribution in [1.29, 1.82) is 0 Å². The molecule has 0 atom stereocenters. The van der Waals surface area contributed by atoms with Crippen molar-refractivity contribution in [1.82, 2.24) is 0 Å². The van der Waals surface area contributed by atoms with Crippen molar-refractivity contribution in [3.8, 4) is 5.75 Å². The molecule has 0 saturated heterocycles. The van der Waals surface area contributed by atoms with Gasteiger partial charge in [-0.3, -0.25) is 4.79 Å². The fraction of sp³-hybridized carbons (Fsp3) is 0.556. The summed E-state index contributed by atoms with van der Waals surface area (Å²) in [6.45, 7) is 2.26. The highest BCUT2D eigenvalue weighted by Gasteiger charge is 2.06. The summed E-state index contributed by atoms with van der Waals surface area (Å²) in [5.41, 5.74) is 0.0168. The molecule has 1 heterocycles. The average molecular weight is 427 g/mol. The Morgan fingerprint density at radius 3 is 2.16 bits per heavy atom. The second-order valence-electron chi connectivity index (χ2n) is 8.26. The molecule has 0 saturated carbocycles. The fourth-order valence-corrected chi connectivity index (χ4v) is 3.63. The number of carbonyl (C=O) groups is 1. The van der Waals surface area contributed by atoms with Crippen molar-refractivity contribution in [2.45, 2.75) is 96.8 Å². The monoisotopic (exact) mass is 426 g/mol. The molecular weight excluding hydrogens is 388 g/mol. The van der Waals surface area contributed by atoms with Crippen LogP contribution in [-0.4, -0.2) is 5.97 Å². The highest BCUT2D eigenvalue weighted by Crippen LogP contribution is 2.20. The van der Waals surface area contributed by atoms with E-state index >= 15 is 0 Å². The lowest BCUT2D eigenvalue weighted by atomic mass is 10.1. The number of carbonyl (C=O) groups excluding carboxylic acids is 1. The van der Waals surface area contributed by atoms with Gasteiger partial charge in [0.25, 0.3) is 0 Å². The maximum atomic E-state index is 12.0. The molecule has 4 nitrogen and oxygen atoms in total. The van der Waals surface area contributed by atoms with Crippen molar-refractivity contribution in [3.63, 3.8) is 0 Å². The van der Waals surface area contributed by atoms with E-state index in [0.717, 1.165) is 31.1 Å². The lowest BCUT2D eigenvalue weighted by molar-refractivity contribution is -0.134. The lowest BCUT2D eigenvalue weighted by Gasteiger charge is -2.05. The van der Waals surface area contributed by atoms with E-state index in [-0.39, 0.29) is 5.97 Å². The molecule has 0 aliphatic rings. The quantitative estimate of drug-likeness (QED) is 0.0905. The molecule has 0 unspecified atom stereocenters. The maximum Gasteiger partial charge on any atom is 0.336 e. The molecule has 0 bridgehead atoms. The summed E-state index contributed by atoms with van der Waals surface area (Å²) in [5.74, 6) is 0.176. The van der Waals surface area contributed by atoms with Gasteiger partial charge in [0.1, 0.15) is 11.3 Å². The van der Waals surface area contributed by atoms with Crippen LogP contribution in [0.25, 0.3) is 11.0 Å². The van der Waals surface area contributed by atoms with Crippen LogP contribution in [0.2, 0.25) is 0 Å². The third-order valence-corrected chi connectivity index (χ3v) is 5.47. The van der Waals surface area contributed by atoms with E-state index in [1.807, 2.05) is 0 Å². The van der Waals surface area contributed by atoms with Crippen LogP contribution in [0.15, 0.2) is 51.7 Å². The van der Waals surface area contributed by atoms with E-state index in [1.165, 1.54) is 63.9 Å². The summed E-state index contributed by atoms with van der Waals surface area (Å²) < 4.78 is 10.5. The third kappa shape index (κ3) is 11.0. The van der Waals surface area contributed by atoms with Crippen molar-refractivity contribution < 1.29 is 13.9 Å². The Hall–Kier alpha value is -2.36. The van der Waals surface area contributed by atoms with E-state index < -0.39 is 5.63 Å². The minimum absolute atomic E-state index is 0.241. The first-order chi connectivity index (χ1) is 15.2. The first-order valence-electron chi connectivity index (χ1n) is 12.1. The van der Waals surface area contributed by atoms with Crippen molar-refractivity contribution in [3.05, 3.63) is 52.9 Å². The van der Waals surface area contributed by atoms with Crippen LogP contribution in [0.1, 0.15) is 96.8 Å². The second-order valence-corrected chi connectivity index (χ2v) is 8.26. The Morgan fingerprint density at radius 1 is 0.839 bits per heavy atom. The molecule has 0 amide bonds. The highest BCUT2D eigenvalue weighted by molar-refractivity contribution is 5.79. The Balaban J connectivity index is 1.46. The fourth-order valence-electron chi connectivity index (χ4n) is 3.63. The number of hydrogen-bond donors (Lipinski definition) is 0. The van der Waals surface area contributed by atoms with E-state index in [1.54, 1.807) is 24.3 Å². The predicted octanol–water partition coefficient (Wildman–Crippen LogP) is 7.74. The van der Waals surface area contributed by atoms with Crippen molar-refractivity contribution in [2.24, 2.45) is 0 Å². The van der Waals surface area contributed by atoms with Gasteiger partial charge in [0, 0.05) is 23.9 Å². The van der Waals surface area contributed by atoms with Crippen LogP contribution < -0.4 is 10.4 Å². The second kappa shape index (κ2) is 15.4. The molecular formula is C27H38O4. The van der Waals surface area contributed by atoms with E-state index in [9.17, 15) is 9.59 Å². The summed E-state index contributed by atoms with van der Waals surface area (Å²) in [6.07, 6.45) is 21.1. The minimum atomic E-state index is -0.413. The maximum absolute atomic E-state index is 12.0. The number of esters is 1. The third-order valence-electron chi connectivity index (χ3n) is 5.47. The van der Waals surface area contributed by atoms with Crippen LogP contribution in [0.3, 0.4) is 0 Å². The first-order valence-corrected chi connectivity index (χ1v) is 12.1. The van der Waals surface area contributed by atoms with Gasteiger partial charge in [0.05, 0.1) is 0 Å². The van der Waals surface area contributed by atoms with Gasteiger partial charge in [-0.25, -0.2) is 4.79 Å². The van der Waals surface area contributed by atoms with Crippen LogP contribution in [0.4, 0.5) is 0 Å². The molecule has 1 aromatic carbocycles. The van der Waals surface area contributed by atoms with Crippen LogP contribution >= 0.6 is 0 Å². The number of rotatable bonds is 16. The summed E-state index contributed by atoms with van der Waals surface area (Å²) in [6, 6.07) is 8.16. The lowest BCUT2D eigenvalue weighted by Crippen LogP contribution is -2.07. The van der Waals surface area contributed by atoms with Gasteiger partial charge >= 0.3 is 11.6 Å². The molecule has 0 fully saturated rings. The Kier molecular flexibility index (Phi) is 12.4. The number of benzene rings is 1. The molecule has 1 aromatic heterocycles. The Morgan fingerprint density at radius 2 is 1.45 bits per heavy atom.